The van der Waals surface area contributed by atoms with Gasteiger partial charge in [-0.3, -0.25) is 9.98 Å². The lowest BCUT2D eigenvalue weighted by atomic mass is 9.83. The number of aromatic hydroxyl groups is 2. The van der Waals surface area contributed by atoms with Crippen LogP contribution in [0, 0.1) is 0 Å². The number of aryl methyl sites for hydroxylation is 2. The first-order valence-corrected chi connectivity index (χ1v) is 14.1. The minimum atomic E-state index is -0.129. The van der Waals surface area contributed by atoms with Crippen molar-refractivity contribution >= 4 is 12.4 Å². The summed E-state index contributed by atoms with van der Waals surface area (Å²) < 4.78 is 0. The van der Waals surface area contributed by atoms with E-state index in [2.05, 4.69) is 79.7 Å². The highest BCUT2D eigenvalue weighted by Crippen LogP contribution is 2.36. The minimum Gasteiger partial charge on any atom is -0.507 e. The Labute approximate surface area is 225 Å². The molecule has 0 spiro atoms. The van der Waals surface area contributed by atoms with Crippen molar-refractivity contribution in [1.82, 2.24) is 0 Å². The second-order valence-electron chi connectivity index (χ2n) is 12.8. The molecule has 1 saturated carbocycles. The average molecular weight is 505 g/mol. The van der Waals surface area contributed by atoms with Gasteiger partial charge in [0.15, 0.2) is 0 Å². The average Bonchev–Trinajstić information content (AvgIpc) is 3.26. The van der Waals surface area contributed by atoms with Crippen LogP contribution >= 0.6 is 0 Å². The zero-order chi connectivity index (χ0) is 27.4. The monoisotopic (exact) mass is 504 g/mol. The van der Waals surface area contributed by atoms with Crippen LogP contribution in [-0.2, 0) is 23.7 Å². The van der Waals surface area contributed by atoms with Crippen LogP contribution in [0.15, 0.2) is 34.3 Å². The second-order valence-corrected chi connectivity index (χ2v) is 12.8. The molecule has 4 heteroatoms. The first-order valence-electron chi connectivity index (χ1n) is 14.1. The molecular weight excluding hydrogens is 456 g/mol. The Balaban J connectivity index is 1.77. The summed E-state index contributed by atoms with van der Waals surface area (Å²) in [6.07, 6.45) is 10.7. The molecule has 2 unspecified atom stereocenters. The maximum absolute atomic E-state index is 11.0. The molecule has 0 bridgehead atoms. The summed E-state index contributed by atoms with van der Waals surface area (Å²) in [5, 5.41) is 22.0. The highest BCUT2D eigenvalue weighted by molar-refractivity contribution is 5.86. The largest absolute Gasteiger partial charge is 0.507 e. The summed E-state index contributed by atoms with van der Waals surface area (Å²) in [5.41, 5.74) is 5.83. The van der Waals surface area contributed by atoms with Gasteiger partial charge in [0.2, 0.25) is 0 Å². The summed E-state index contributed by atoms with van der Waals surface area (Å²) in [7, 11) is 0. The molecule has 2 aromatic carbocycles. The van der Waals surface area contributed by atoms with Gasteiger partial charge < -0.3 is 10.2 Å². The van der Waals surface area contributed by atoms with Crippen molar-refractivity contribution in [3.63, 3.8) is 0 Å². The fourth-order valence-corrected chi connectivity index (χ4v) is 5.22. The molecule has 0 amide bonds. The minimum absolute atomic E-state index is 0.129. The molecule has 2 aromatic rings. The van der Waals surface area contributed by atoms with Crippen LogP contribution in [0.25, 0.3) is 0 Å². The Morgan fingerprint density at radius 3 is 1.41 bits per heavy atom. The fourth-order valence-electron chi connectivity index (χ4n) is 5.22. The zero-order valence-corrected chi connectivity index (χ0v) is 24.4. The van der Waals surface area contributed by atoms with Crippen LogP contribution in [0.3, 0.4) is 0 Å². The Morgan fingerprint density at radius 2 is 1.08 bits per heavy atom. The predicted molar refractivity (Wildman–Crippen MR) is 158 cm³/mol. The van der Waals surface area contributed by atoms with Gasteiger partial charge in [-0.1, -0.05) is 80.4 Å². The number of aliphatic imine (C=N–C) groups is 2. The molecule has 0 heterocycles. The smallest absolute Gasteiger partial charge is 0.128 e. The first-order chi connectivity index (χ1) is 17.3. The maximum Gasteiger partial charge on any atom is 0.128 e. The normalized spacial score (nSPS) is 18.9. The maximum atomic E-state index is 11.0. The van der Waals surface area contributed by atoms with Gasteiger partial charge in [0.1, 0.15) is 11.5 Å². The van der Waals surface area contributed by atoms with E-state index in [-0.39, 0.29) is 22.9 Å². The quantitative estimate of drug-likeness (QED) is 0.357. The summed E-state index contributed by atoms with van der Waals surface area (Å²) in [6, 6.07) is 8.85. The van der Waals surface area contributed by atoms with Gasteiger partial charge in [0.05, 0.1) is 12.1 Å². The van der Waals surface area contributed by atoms with Crippen molar-refractivity contribution in [2.24, 2.45) is 9.98 Å². The molecule has 2 atom stereocenters. The van der Waals surface area contributed by atoms with Crippen LogP contribution < -0.4 is 0 Å². The van der Waals surface area contributed by atoms with Crippen molar-refractivity contribution in [2.75, 3.05) is 0 Å². The topological polar surface area (TPSA) is 65.2 Å². The van der Waals surface area contributed by atoms with E-state index in [1.807, 2.05) is 12.4 Å². The highest BCUT2D eigenvalue weighted by atomic mass is 16.3. The van der Waals surface area contributed by atoms with Crippen LogP contribution in [0.5, 0.6) is 11.5 Å². The van der Waals surface area contributed by atoms with Crippen molar-refractivity contribution in [3.05, 3.63) is 57.6 Å². The van der Waals surface area contributed by atoms with E-state index in [1.54, 1.807) is 0 Å². The third kappa shape index (κ3) is 7.46. The molecule has 0 aliphatic heterocycles. The number of hydrogen-bond acceptors (Lipinski definition) is 4. The third-order valence-corrected chi connectivity index (χ3v) is 7.32. The third-order valence-electron chi connectivity index (χ3n) is 7.32. The van der Waals surface area contributed by atoms with E-state index in [9.17, 15) is 10.2 Å². The van der Waals surface area contributed by atoms with Gasteiger partial charge >= 0.3 is 0 Å². The molecular formula is C33H48N2O2. The van der Waals surface area contributed by atoms with E-state index in [1.165, 1.54) is 11.1 Å². The fraction of sp³-hybridized carbons (Fsp3) is 0.576. The molecule has 4 nitrogen and oxygen atoms in total. The van der Waals surface area contributed by atoms with Crippen molar-refractivity contribution < 1.29 is 10.2 Å². The number of phenols is 2. The molecule has 0 saturated heterocycles. The van der Waals surface area contributed by atoms with E-state index < -0.39 is 0 Å². The zero-order valence-electron chi connectivity index (χ0n) is 24.4. The van der Waals surface area contributed by atoms with Crippen LogP contribution in [-0.4, -0.2) is 34.7 Å². The number of phenolic OH excluding ortho intramolecular Hbond substituents is 2. The Kier molecular flexibility index (Phi) is 9.26. The van der Waals surface area contributed by atoms with Gasteiger partial charge in [-0.2, -0.15) is 0 Å². The number of hydrogen-bond donors (Lipinski definition) is 2. The van der Waals surface area contributed by atoms with Gasteiger partial charge in [-0.15, -0.1) is 0 Å². The van der Waals surface area contributed by atoms with Gasteiger partial charge in [0.25, 0.3) is 0 Å². The summed E-state index contributed by atoms with van der Waals surface area (Å²) >= 11 is 0. The molecule has 1 aliphatic carbocycles. The molecule has 202 valence electrons. The Morgan fingerprint density at radius 1 is 0.703 bits per heavy atom. The van der Waals surface area contributed by atoms with E-state index >= 15 is 0 Å². The lowest BCUT2D eigenvalue weighted by molar-refractivity contribution is 0.444. The van der Waals surface area contributed by atoms with E-state index in [0.29, 0.717) is 11.5 Å². The van der Waals surface area contributed by atoms with Crippen LogP contribution in [0.1, 0.15) is 121 Å². The van der Waals surface area contributed by atoms with E-state index in [4.69, 9.17) is 9.98 Å². The Bertz CT molecular complexity index is 1040. The SMILES string of the molecule is CCCc1cc(C=NC2CCC(N=Cc3cc(CCC)cc(C(C)(C)C)c3O)C2)c(O)c(C(C)(C)C)c1. The van der Waals surface area contributed by atoms with Gasteiger partial charge in [0, 0.05) is 34.7 Å². The molecule has 37 heavy (non-hydrogen) atoms. The lowest BCUT2D eigenvalue weighted by Gasteiger charge is -2.22. The molecule has 1 fully saturated rings. The molecule has 1 aliphatic rings. The molecule has 0 radical (unpaired) electrons. The number of benzene rings is 2. The van der Waals surface area contributed by atoms with Gasteiger partial charge in [-0.25, -0.2) is 0 Å². The summed E-state index contributed by atoms with van der Waals surface area (Å²) in [5.74, 6) is 0.696. The van der Waals surface area contributed by atoms with Crippen LogP contribution in [0.4, 0.5) is 0 Å². The molecule has 3 rings (SSSR count). The molecule has 0 aromatic heterocycles. The van der Waals surface area contributed by atoms with Crippen LogP contribution in [0.2, 0.25) is 0 Å². The first kappa shape index (κ1) is 28.9. The summed E-state index contributed by atoms with van der Waals surface area (Å²) in [6.45, 7) is 17.2. The van der Waals surface area contributed by atoms with Gasteiger partial charge in [-0.05, 0) is 66.2 Å². The lowest BCUT2D eigenvalue weighted by Crippen LogP contribution is -2.13. The predicted octanol–water partition coefficient (Wildman–Crippen LogP) is 8.06. The Hall–Kier alpha value is -2.62. The number of nitrogens with zero attached hydrogens (tertiary/aromatic N) is 2. The van der Waals surface area contributed by atoms with Crippen molar-refractivity contribution in [3.8, 4) is 11.5 Å². The standard InChI is InChI=1S/C33H48N2O2/c1-9-11-22-15-24(30(36)28(17-22)32(3,4)5)20-34-26-13-14-27(19-26)35-21-25-16-23(12-10-2)18-29(31(25)37)33(6,7)8/h15-18,20-21,26-27,36-37H,9-14,19H2,1-8H3. The summed E-state index contributed by atoms with van der Waals surface area (Å²) in [4.78, 5) is 9.76. The van der Waals surface area contributed by atoms with Crippen molar-refractivity contribution in [2.45, 2.75) is 123 Å². The highest BCUT2D eigenvalue weighted by Gasteiger charge is 2.25. The second kappa shape index (κ2) is 11.8. The molecule has 2 N–H and O–H groups in total. The number of rotatable bonds is 8. The van der Waals surface area contributed by atoms with Crippen molar-refractivity contribution in [1.29, 1.82) is 0 Å². The van der Waals surface area contributed by atoms with E-state index in [0.717, 1.165) is 67.2 Å².